The monoisotopic (exact) mass is 264 g/mol. The summed E-state index contributed by atoms with van der Waals surface area (Å²) in [6, 6.07) is 3.17. The van der Waals surface area contributed by atoms with E-state index in [1.54, 1.807) is 11.3 Å². The van der Waals surface area contributed by atoms with Crippen molar-refractivity contribution in [3.05, 3.63) is 64.7 Å². The van der Waals surface area contributed by atoms with E-state index in [4.69, 9.17) is 17.1 Å². The van der Waals surface area contributed by atoms with Crippen molar-refractivity contribution in [2.24, 2.45) is 0 Å². The van der Waals surface area contributed by atoms with Gasteiger partial charge in [-0.3, -0.25) is 0 Å². The summed E-state index contributed by atoms with van der Waals surface area (Å²) in [5, 5.41) is 3.19. The Morgan fingerprint density at radius 2 is 2.18 bits per heavy atom. The smallest absolute Gasteiger partial charge is 0.177 e. The van der Waals surface area contributed by atoms with Gasteiger partial charge in [0.05, 0.1) is 15.9 Å². The second-order valence-electron chi connectivity index (χ2n) is 3.65. The number of pyridine rings is 1. The first-order valence-corrected chi connectivity index (χ1v) is 6.36. The van der Waals surface area contributed by atoms with Crippen molar-refractivity contribution in [1.29, 1.82) is 0 Å². The molecule has 2 heterocycles. The molecule has 17 heavy (non-hydrogen) atoms. The van der Waals surface area contributed by atoms with E-state index >= 15 is 0 Å². The Morgan fingerprint density at radius 1 is 1.29 bits per heavy atom. The van der Waals surface area contributed by atoms with Gasteiger partial charge in [0.2, 0.25) is 0 Å². The lowest BCUT2D eigenvalue weighted by molar-refractivity contribution is -0.687. The van der Waals surface area contributed by atoms with Crippen molar-refractivity contribution in [3.8, 4) is 0 Å². The Hall–Kier alpha value is -1.38. The fraction of sp³-hybridized carbons (Fsp3) is 0.0714. The molecule has 2 aromatic heterocycles. The van der Waals surface area contributed by atoms with Crippen LogP contribution in [0.25, 0.3) is 10.1 Å². The lowest BCUT2D eigenvalue weighted by atomic mass is 10.2. The number of halogens is 1. The Labute approximate surface area is 115 Å². The van der Waals surface area contributed by atoms with Crippen LogP contribution in [0.1, 0.15) is 11.0 Å². The number of benzene rings is 1. The van der Waals surface area contributed by atoms with Gasteiger partial charge in [-0.05, 0) is 17.5 Å². The summed E-state index contributed by atoms with van der Waals surface area (Å²) in [7, 11) is 0. The first kappa shape index (κ1) is 7.14. The maximum absolute atomic E-state index is 7.97. The van der Waals surface area contributed by atoms with E-state index in [9.17, 15) is 0 Å². The molecule has 0 aliphatic carbocycles. The number of hydrogen-bond donors (Lipinski definition) is 0. The van der Waals surface area contributed by atoms with Crippen LogP contribution in [0, 0.1) is 0 Å². The number of fused-ring (bicyclic) bond motifs is 1. The molecule has 3 rings (SSSR count). The average Bonchev–Trinajstić information content (AvgIpc) is 2.95. The van der Waals surface area contributed by atoms with Gasteiger partial charge in [0.25, 0.3) is 0 Å². The minimum Gasteiger partial charge on any atom is -0.200 e. The highest BCUT2D eigenvalue weighted by molar-refractivity contribution is 7.17. The van der Waals surface area contributed by atoms with E-state index in [1.165, 1.54) is 4.70 Å². The van der Waals surface area contributed by atoms with Crippen LogP contribution in [0.4, 0.5) is 0 Å². The first-order chi connectivity index (χ1) is 9.99. The van der Waals surface area contributed by atoms with Crippen molar-refractivity contribution in [3.63, 3.8) is 0 Å². The molecule has 1 nitrogen and oxygen atoms in total. The van der Waals surface area contributed by atoms with E-state index in [2.05, 4.69) is 0 Å². The zero-order valence-corrected chi connectivity index (χ0v) is 10.4. The highest BCUT2D eigenvalue weighted by atomic mass is 35.5. The zero-order valence-electron chi connectivity index (χ0n) is 12.8. The normalized spacial score (nSPS) is 14.2. The second kappa shape index (κ2) is 4.47. The number of thiophene rings is 1. The molecule has 0 bridgehead atoms. The molecule has 0 unspecified atom stereocenters. The highest BCUT2D eigenvalue weighted by Crippen LogP contribution is 2.18. The molecule has 0 spiro atoms. The lowest BCUT2D eigenvalue weighted by Crippen LogP contribution is -2.33. The van der Waals surface area contributed by atoms with Gasteiger partial charge >= 0.3 is 0 Å². The molecular weight excluding hydrogens is 250 g/mol. The second-order valence-corrected chi connectivity index (χ2v) is 4.98. The molecule has 0 saturated heterocycles. The van der Waals surface area contributed by atoms with E-state index in [0.717, 1.165) is 5.39 Å². The molecular formula is C14H11ClNS+. The maximum atomic E-state index is 7.97. The molecule has 0 aliphatic rings. The van der Waals surface area contributed by atoms with Gasteiger partial charge in [-0.15, -0.1) is 11.3 Å². The third-order valence-electron chi connectivity index (χ3n) is 2.50. The quantitative estimate of drug-likeness (QED) is 0.619. The highest BCUT2D eigenvalue weighted by Gasteiger charge is 2.07. The van der Waals surface area contributed by atoms with Gasteiger partial charge in [-0.2, -0.15) is 0 Å². The summed E-state index contributed by atoms with van der Waals surface area (Å²) in [5.74, 6) is 0. The maximum Gasteiger partial charge on any atom is 0.177 e. The van der Waals surface area contributed by atoms with Gasteiger partial charge in [-0.1, -0.05) is 29.7 Å². The van der Waals surface area contributed by atoms with Gasteiger partial charge < -0.3 is 0 Å². The van der Waals surface area contributed by atoms with Crippen molar-refractivity contribution < 1.29 is 10.1 Å². The largest absolute Gasteiger partial charge is 0.200 e. The zero-order chi connectivity index (χ0) is 15.1. The first-order valence-electron chi connectivity index (χ1n) is 7.10. The summed E-state index contributed by atoms with van der Waals surface area (Å²) in [6.45, 7) is 0.307. The Kier molecular flexibility index (Phi) is 1.88. The van der Waals surface area contributed by atoms with Crippen molar-refractivity contribution in [1.82, 2.24) is 0 Å². The summed E-state index contributed by atoms with van der Waals surface area (Å²) < 4.78 is 34.1. The molecule has 0 radical (unpaired) electrons. The standard InChI is InChI=1S/C14H11ClNS/c15-13-4-2-1-3-11(13)9-16-7-5-14-12(10-16)6-8-17-14/h1-8,10H,9H2/q+1/i1D,2D,3D,4D. The molecule has 0 N–H and O–H groups in total. The molecule has 0 atom stereocenters. The molecule has 84 valence electrons. The third-order valence-corrected chi connectivity index (χ3v) is 3.72. The molecule has 0 fully saturated rings. The fourth-order valence-corrected chi connectivity index (χ4v) is 2.58. The number of aromatic nitrogens is 1. The molecule has 0 aliphatic heterocycles. The summed E-state index contributed by atoms with van der Waals surface area (Å²) in [6.07, 6.45) is 3.83. The van der Waals surface area contributed by atoms with Crippen LogP contribution < -0.4 is 4.57 Å². The molecule has 1 aromatic carbocycles. The summed E-state index contributed by atoms with van der Waals surface area (Å²) in [5.41, 5.74) is 0.405. The molecule has 0 amide bonds. The topological polar surface area (TPSA) is 3.88 Å². The number of rotatable bonds is 2. The molecule has 3 aromatic rings. The van der Waals surface area contributed by atoms with Gasteiger partial charge in [0.1, 0.15) is 0 Å². The predicted molar refractivity (Wildman–Crippen MR) is 72.6 cm³/mol. The van der Waals surface area contributed by atoms with Crippen LogP contribution in [0.5, 0.6) is 0 Å². The molecule has 3 heteroatoms. The number of hydrogen-bond acceptors (Lipinski definition) is 1. The van der Waals surface area contributed by atoms with Crippen LogP contribution in [-0.2, 0) is 6.54 Å². The Bertz CT molecular complexity index is 817. The number of nitrogens with zero attached hydrogens (tertiary/aromatic N) is 1. The SMILES string of the molecule is [2H]c1c([2H])c([2H])c(C[n+]2ccc3sccc3c2)c(Cl)c1[2H]. The van der Waals surface area contributed by atoms with Crippen LogP contribution in [0.3, 0.4) is 0 Å². The fourth-order valence-electron chi connectivity index (χ4n) is 1.67. The van der Waals surface area contributed by atoms with Crippen molar-refractivity contribution >= 4 is 33.0 Å². The third kappa shape index (κ3) is 2.19. The van der Waals surface area contributed by atoms with E-state index < -0.39 is 0 Å². The van der Waals surface area contributed by atoms with Crippen LogP contribution in [0.15, 0.2) is 54.1 Å². The Balaban J connectivity index is 2.09. The van der Waals surface area contributed by atoms with Crippen molar-refractivity contribution in [2.45, 2.75) is 6.54 Å². The van der Waals surface area contributed by atoms with Crippen molar-refractivity contribution in [2.75, 3.05) is 0 Å². The van der Waals surface area contributed by atoms with Gasteiger partial charge in [-0.25, -0.2) is 4.57 Å². The van der Waals surface area contributed by atoms with Crippen LogP contribution >= 0.6 is 22.9 Å². The van der Waals surface area contributed by atoms with Crippen LogP contribution in [-0.4, -0.2) is 0 Å². The average molecular weight is 265 g/mol. The summed E-state index contributed by atoms with van der Waals surface area (Å²) in [4.78, 5) is 0. The van der Waals surface area contributed by atoms with Gasteiger partial charge in [0.15, 0.2) is 18.9 Å². The Morgan fingerprint density at radius 3 is 3.12 bits per heavy atom. The van der Waals surface area contributed by atoms with E-state index in [1.807, 2.05) is 34.5 Å². The van der Waals surface area contributed by atoms with Gasteiger partial charge in [0, 0.05) is 16.3 Å². The van der Waals surface area contributed by atoms with E-state index in [-0.39, 0.29) is 29.2 Å². The summed E-state index contributed by atoms with van der Waals surface area (Å²) >= 11 is 7.75. The molecule has 0 saturated carbocycles. The minimum atomic E-state index is -0.299. The van der Waals surface area contributed by atoms with E-state index in [0.29, 0.717) is 12.1 Å². The minimum absolute atomic E-state index is 0.0823. The lowest BCUT2D eigenvalue weighted by Gasteiger charge is -2.00. The predicted octanol–water partition coefficient (Wildman–Crippen LogP) is 3.89. The van der Waals surface area contributed by atoms with Crippen LogP contribution in [0.2, 0.25) is 5.02 Å².